The Hall–Kier alpha value is -1.65. The summed E-state index contributed by atoms with van der Waals surface area (Å²) in [6, 6.07) is 5.14. The minimum Gasteiger partial charge on any atom is -0.478 e. The zero-order valence-corrected chi connectivity index (χ0v) is 11.8. The molecule has 4 nitrogen and oxygen atoms in total. The highest BCUT2D eigenvalue weighted by Gasteiger charge is 2.26. The molecule has 1 aromatic carbocycles. The first-order valence-corrected chi connectivity index (χ1v) is 6.85. The summed E-state index contributed by atoms with van der Waals surface area (Å²) < 4.78 is 5.37. The predicted molar refractivity (Wildman–Crippen MR) is 76.5 cm³/mol. The van der Waals surface area contributed by atoms with E-state index < -0.39 is 5.97 Å². The van der Waals surface area contributed by atoms with E-state index in [9.17, 15) is 9.90 Å². The van der Waals surface area contributed by atoms with Crippen LogP contribution in [0.1, 0.15) is 28.0 Å². The van der Waals surface area contributed by atoms with Crippen molar-refractivity contribution in [1.82, 2.24) is 4.98 Å². The van der Waals surface area contributed by atoms with Crippen LogP contribution in [-0.4, -0.2) is 29.3 Å². The van der Waals surface area contributed by atoms with Crippen LogP contribution in [0.25, 0.3) is 10.9 Å². The number of methoxy groups -OCH3 is 1. The molecule has 2 aromatic rings. The van der Waals surface area contributed by atoms with Crippen molar-refractivity contribution in [2.75, 3.05) is 7.11 Å². The lowest BCUT2D eigenvalue weighted by Gasteiger charge is -2.25. The van der Waals surface area contributed by atoms with Crippen molar-refractivity contribution >= 4 is 28.5 Å². The maximum Gasteiger partial charge on any atom is 0.336 e. The van der Waals surface area contributed by atoms with E-state index in [-0.39, 0.29) is 6.10 Å². The molecule has 5 heteroatoms. The molecule has 1 aliphatic rings. The van der Waals surface area contributed by atoms with Crippen LogP contribution in [0.4, 0.5) is 0 Å². The summed E-state index contributed by atoms with van der Waals surface area (Å²) >= 11 is 5.97. The fraction of sp³-hybridized carbons (Fsp3) is 0.333. The van der Waals surface area contributed by atoms with Crippen molar-refractivity contribution in [3.63, 3.8) is 0 Å². The number of fused-ring (bicyclic) bond motifs is 2. The van der Waals surface area contributed by atoms with E-state index in [0.717, 1.165) is 24.1 Å². The standard InChI is InChI=1S/C15H14ClNO3/c1-20-9-3-5-12-11(7-9)14(15(18)19)10-4-2-8(16)6-13(10)17-12/h2,4,6,9H,3,5,7H2,1H3,(H,18,19). The maximum atomic E-state index is 11.7. The van der Waals surface area contributed by atoms with Gasteiger partial charge in [-0.15, -0.1) is 0 Å². The van der Waals surface area contributed by atoms with Gasteiger partial charge in [0.2, 0.25) is 0 Å². The highest BCUT2D eigenvalue weighted by molar-refractivity contribution is 6.31. The number of pyridine rings is 1. The maximum absolute atomic E-state index is 11.7. The Bertz CT molecular complexity index is 699. The predicted octanol–water partition coefficient (Wildman–Crippen LogP) is 3.09. The SMILES string of the molecule is COC1CCc2nc3cc(Cl)ccc3c(C(=O)O)c2C1. The summed E-state index contributed by atoms with van der Waals surface area (Å²) in [7, 11) is 1.66. The van der Waals surface area contributed by atoms with Crippen LogP contribution in [-0.2, 0) is 17.6 Å². The van der Waals surface area contributed by atoms with Crippen molar-refractivity contribution < 1.29 is 14.6 Å². The average molecular weight is 292 g/mol. The van der Waals surface area contributed by atoms with E-state index in [1.54, 1.807) is 25.3 Å². The minimum atomic E-state index is -0.923. The zero-order valence-electron chi connectivity index (χ0n) is 11.0. The van der Waals surface area contributed by atoms with Crippen molar-refractivity contribution in [1.29, 1.82) is 0 Å². The van der Waals surface area contributed by atoms with Crippen LogP contribution in [0.15, 0.2) is 18.2 Å². The number of nitrogens with zero attached hydrogens (tertiary/aromatic N) is 1. The number of hydrogen-bond donors (Lipinski definition) is 1. The molecule has 1 atom stereocenters. The Morgan fingerprint density at radius 2 is 2.30 bits per heavy atom. The molecule has 0 bridgehead atoms. The summed E-state index contributed by atoms with van der Waals surface area (Å²) in [4.78, 5) is 16.3. The number of ether oxygens (including phenoxy) is 1. The normalized spacial score (nSPS) is 18.0. The molecule has 0 radical (unpaired) electrons. The van der Waals surface area contributed by atoms with Gasteiger partial charge in [0.25, 0.3) is 0 Å². The Balaban J connectivity index is 2.29. The number of halogens is 1. The molecular formula is C15H14ClNO3. The monoisotopic (exact) mass is 291 g/mol. The number of aromatic carboxylic acids is 1. The van der Waals surface area contributed by atoms with Crippen molar-refractivity contribution in [2.24, 2.45) is 0 Å². The zero-order chi connectivity index (χ0) is 14.3. The van der Waals surface area contributed by atoms with E-state index in [0.29, 0.717) is 27.9 Å². The average Bonchev–Trinajstić information content (AvgIpc) is 2.43. The summed E-state index contributed by atoms with van der Waals surface area (Å²) in [6.07, 6.45) is 2.25. The number of benzene rings is 1. The summed E-state index contributed by atoms with van der Waals surface area (Å²) in [5.41, 5.74) is 2.63. The van der Waals surface area contributed by atoms with Gasteiger partial charge >= 0.3 is 5.97 Å². The summed E-state index contributed by atoms with van der Waals surface area (Å²) in [5.74, 6) is -0.923. The van der Waals surface area contributed by atoms with Crippen molar-refractivity contribution in [2.45, 2.75) is 25.4 Å². The minimum absolute atomic E-state index is 0.0622. The number of hydrogen-bond acceptors (Lipinski definition) is 3. The largest absolute Gasteiger partial charge is 0.478 e. The Kier molecular flexibility index (Phi) is 3.36. The van der Waals surface area contributed by atoms with Crippen molar-refractivity contribution in [3.05, 3.63) is 40.0 Å². The number of rotatable bonds is 2. The van der Waals surface area contributed by atoms with Gasteiger partial charge < -0.3 is 9.84 Å². The molecule has 0 aliphatic heterocycles. The third-order valence-electron chi connectivity index (χ3n) is 3.82. The number of carbonyl (C=O) groups is 1. The fourth-order valence-electron chi connectivity index (χ4n) is 2.83. The van der Waals surface area contributed by atoms with Crippen LogP contribution in [0.3, 0.4) is 0 Å². The molecule has 1 heterocycles. The molecule has 3 rings (SSSR count). The molecular weight excluding hydrogens is 278 g/mol. The van der Waals surface area contributed by atoms with Gasteiger partial charge in [0, 0.05) is 29.6 Å². The molecule has 1 unspecified atom stereocenters. The molecule has 104 valence electrons. The van der Waals surface area contributed by atoms with E-state index in [4.69, 9.17) is 16.3 Å². The second-order valence-corrected chi connectivity index (χ2v) is 5.42. The van der Waals surface area contributed by atoms with Gasteiger partial charge in [-0.05, 0) is 30.5 Å². The number of aryl methyl sites for hydroxylation is 1. The first-order valence-electron chi connectivity index (χ1n) is 6.47. The quantitative estimate of drug-likeness (QED) is 0.924. The summed E-state index contributed by atoms with van der Waals surface area (Å²) in [6.45, 7) is 0. The first-order chi connectivity index (χ1) is 9.60. The van der Waals surface area contributed by atoms with Crippen LogP contribution in [0.5, 0.6) is 0 Å². The second-order valence-electron chi connectivity index (χ2n) is 4.98. The van der Waals surface area contributed by atoms with Gasteiger partial charge in [-0.25, -0.2) is 4.79 Å². The van der Waals surface area contributed by atoms with E-state index in [1.807, 2.05) is 0 Å². The van der Waals surface area contributed by atoms with Crippen molar-refractivity contribution in [3.8, 4) is 0 Å². The summed E-state index contributed by atoms with van der Waals surface area (Å²) in [5, 5.41) is 10.8. The topological polar surface area (TPSA) is 59.4 Å². The van der Waals surface area contributed by atoms with Gasteiger partial charge in [0.05, 0.1) is 17.2 Å². The first kappa shape index (κ1) is 13.3. The number of aromatic nitrogens is 1. The van der Waals surface area contributed by atoms with Gasteiger partial charge in [0.1, 0.15) is 0 Å². The lowest BCUT2D eigenvalue weighted by Crippen LogP contribution is -2.24. The van der Waals surface area contributed by atoms with Gasteiger partial charge in [0.15, 0.2) is 0 Å². The molecule has 20 heavy (non-hydrogen) atoms. The van der Waals surface area contributed by atoms with Gasteiger partial charge in [-0.2, -0.15) is 0 Å². The third-order valence-corrected chi connectivity index (χ3v) is 4.05. The van der Waals surface area contributed by atoms with Crippen LogP contribution in [0, 0.1) is 0 Å². The van der Waals surface area contributed by atoms with E-state index >= 15 is 0 Å². The molecule has 1 aromatic heterocycles. The van der Waals surface area contributed by atoms with E-state index in [1.165, 1.54) is 0 Å². The second kappa shape index (κ2) is 5.04. The Labute approximate surface area is 121 Å². The molecule has 0 saturated heterocycles. The molecule has 0 amide bonds. The Morgan fingerprint density at radius 3 is 3.00 bits per heavy atom. The van der Waals surface area contributed by atoms with Crippen LogP contribution in [0.2, 0.25) is 5.02 Å². The molecule has 0 saturated carbocycles. The Morgan fingerprint density at radius 1 is 1.50 bits per heavy atom. The third kappa shape index (κ3) is 2.15. The molecule has 1 N–H and O–H groups in total. The smallest absolute Gasteiger partial charge is 0.336 e. The lowest BCUT2D eigenvalue weighted by molar-refractivity contribution is 0.0690. The molecule has 1 aliphatic carbocycles. The van der Waals surface area contributed by atoms with Gasteiger partial charge in [-0.3, -0.25) is 4.98 Å². The highest BCUT2D eigenvalue weighted by Crippen LogP contribution is 2.31. The lowest BCUT2D eigenvalue weighted by atomic mass is 9.88. The number of carboxylic acid groups (broad SMARTS) is 1. The van der Waals surface area contributed by atoms with Crippen LogP contribution < -0.4 is 0 Å². The van der Waals surface area contributed by atoms with Gasteiger partial charge in [-0.1, -0.05) is 17.7 Å². The van der Waals surface area contributed by atoms with Crippen LogP contribution >= 0.6 is 11.6 Å². The van der Waals surface area contributed by atoms with E-state index in [2.05, 4.69) is 4.98 Å². The fourth-order valence-corrected chi connectivity index (χ4v) is 2.99. The highest BCUT2D eigenvalue weighted by atomic mass is 35.5. The molecule has 0 spiro atoms. The number of carboxylic acids is 1. The molecule has 0 fully saturated rings.